The van der Waals surface area contributed by atoms with Gasteiger partial charge in [-0.05, 0) is 87.3 Å². The molecule has 1 atom stereocenters. The Labute approximate surface area is 345 Å². The summed E-state index contributed by atoms with van der Waals surface area (Å²) in [5.74, 6) is -0.806. The van der Waals surface area contributed by atoms with E-state index in [-0.39, 0.29) is 52.1 Å². The van der Waals surface area contributed by atoms with E-state index in [2.05, 4.69) is 20.7 Å². The lowest BCUT2D eigenvalue weighted by Crippen LogP contribution is -2.50. The van der Waals surface area contributed by atoms with E-state index in [1.165, 1.54) is 27.7 Å². The topological polar surface area (TPSA) is 167 Å². The molecule has 1 unspecified atom stereocenters. The third kappa shape index (κ3) is 9.40. The van der Waals surface area contributed by atoms with Gasteiger partial charge >= 0.3 is 12.2 Å². The zero-order valence-corrected chi connectivity index (χ0v) is 34.9. The minimum Gasteiger partial charge on any atom is -0.505 e. The average Bonchev–Trinajstić information content (AvgIpc) is 3.68. The fourth-order valence-corrected chi connectivity index (χ4v) is 8.09. The number of hydrogen-bond acceptors (Lipinski definition) is 8. The van der Waals surface area contributed by atoms with E-state index < -0.39 is 29.0 Å². The number of alkyl halides is 3. The van der Waals surface area contributed by atoms with Crippen LogP contribution < -0.4 is 16.2 Å². The first-order valence-electron chi connectivity index (χ1n) is 20.0. The molecule has 7 rings (SSSR count). The van der Waals surface area contributed by atoms with Crippen molar-refractivity contribution in [2.24, 2.45) is 0 Å². The van der Waals surface area contributed by atoms with Gasteiger partial charge in [-0.15, -0.1) is 5.10 Å². The Kier molecular flexibility index (Phi) is 14.1. The van der Waals surface area contributed by atoms with E-state index in [0.717, 1.165) is 23.8 Å². The molecule has 4 aromatic rings. The van der Waals surface area contributed by atoms with Crippen molar-refractivity contribution in [2.45, 2.75) is 103 Å². The van der Waals surface area contributed by atoms with Crippen molar-refractivity contribution in [1.82, 2.24) is 39.3 Å². The highest BCUT2D eigenvalue weighted by atomic mass is 35.5. The summed E-state index contributed by atoms with van der Waals surface area (Å²) in [6.07, 6.45) is 3.04. The second-order valence-electron chi connectivity index (χ2n) is 14.4. The number of amides is 4. The zero-order valence-electron chi connectivity index (χ0n) is 34.1. The molecular formula is C41H51ClF3N9O5. The van der Waals surface area contributed by atoms with E-state index in [1.54, 1.807) is 23.6 Å². The van der Waals surface area contributed by atoms with Crippen LogP contribution in [-0.4, -0.2) is 90.1 Å². The summed E-state index contributed by atoms with van der Waals surface area (Å²) < 4.78 is 42.7. The Morgan fingerprint density at radius 2 is 1.76 bits per heavy atom. The van der Waals surface area contributed by atoms with Gasteiger partial charge in [-0.3, -0.25) is 14.4 Å². The lowest BCUT2D eigenvalue weighted by atomic mass is 9.66. The van der Waals surface area contributed by atoms with Crippen LogP contribution in [0.2, 0.25) is 5.02 Å². The monoisotopic (exact) mass is 841 g/mol. The van der Waals surface area contributed by atoms with Crippen molar-refractivity contribution >= 4 is 46.5 Å². The van der Waals surface area contributed by atoms with Crippen LogP contribution in [0.25, 0.3) is 11.4 Å². The number of aromatic hydroxyl groups is 1. The van der Waals surface area contributed by atoms with Crippen LogP contribution in [0, 0.1) is 0 Å². The molecule has 0 saturated carbocycles. The number of halogens is 4. The van der Waals surface area contributed by atoms with E-state index in [9.17, 15) is 37.5 Å². The number of likely N-dealkylation sites (tertiary alicyclic amines) is 1. The number of pyridine rings is 1. The number of hydrogen-bond donors (Lipinski definition) is 3. The maximum absolute atomic E-state index is 14.6. The Morgan fingerprint density at radius 1 is 1.05 bits per heavy atom. The largest absolute Gasteiger partial charge is 0.505 e. The first-order valence-corrected chi connectivity index (χ1v) is 20.3. The fourth-order valence-electron chi connectivity index (χ4n) is 7.86. The number of fused-ring (bicyclic) bond motifs is 3. The number of urea groups is 1. The smallest absolute Gasteiger partial charge is 0.416 e. The first-order chi connectivity index (χ1) is 28.1. The number of piperidine rings is 1. The predicted octanol–water partition coefficient (Wildman–Crippen LogP) is 7.07. The van der Waals surface area contributed by atoms with Crippen LogP contribution in [0.3, 0.4) is 0 Å². The van der Waals surface area contributed by atoms with Crippen molar-refractivity contribution in [3.05, 3.63) is 86.3 Å². The number of aromatic nitrogens is 5. The van der Waals surface area contributed by atoms with Crippen LogP contribution in [-0.2, 0) is 29.4 Å². The third-order valence-electron chi connectivity index (χ3n) is 10.8. The van der Waals surface area contributed by atoms with Gasteiger partial charge in [0.1, 0.15) is 12.3 Å². The number of nitrogens with one attached hydrogen (secondary N) is 2. The molecular weight excluding hydrogens is 791 g/mol. The molecule has 318 valence electrons. The number of carbonyl (C=O) groups excluding carboxylic acids is 3. The van der Waals surface area contributed by atoms with Crippen molar-refractivity contribution in [2.75, 3.05) is 32.5 Å². The minimum atomic E-state index is -4.62. The number of rotatable bonds is 6. The molecule has 1 aromatic carbocycles. The minimum absolute atomic E-state index is 0.0107. The molecule has 59 heavy (non-hydrogen) atoms. The molecule has 2 aliphatic carbocycles. The summed E-state index contributed by atoms with van der Waals surface area (Å²) in [5, 5.41) is 20.2. The van der Waals surface area contributed by atoms with Gasteiger partial charge in [-0.1, -0.05) is 45.4 Å². The van der Waals surface area contributed by atoms with Gasteiger partial charge in [0.25, 0.3) is 11.5 Å². The van der Waals surface area contributed by atoms with Gasteiger partial charge in [-0.2, -0.15) is 22.7 Å². The zero-order chi connectivity index (χ0) is 43.2. The number of benzene rings is 1. The van der Waals surface area contributed by atoms with Crippen LogP contribution in [0.5, 0.6) is 5.75 Å². The molecule has 3 aromatic heterocycles. The second kappa shape index (κ2) is 18.6. The second-order valence-corrected chi connectivity index (χ2v) is 14.8. The summed E-state index contributed by atoms with van der Waals surface area (Å²) in [6.45, 7) is 8.23. The van der Waals surface area contributed by atoms with Crippen LogP contribution in [0.4, 0.5) is 23.7 Å². The summed E-state index contributed by atoms with van der Waals surface area (Å²) in [7, 11) is 3.32. The predicted molar refractivity (Wildman–Crippen MR) is 219 cm³/mol. The fraction of sp³-hybridized carbons (Fsp3) is 0.488. The molecule has 1 saturated heterocycles. The summed E-state index contributed by atoms with van der Waals surface area (Å²) in [5.41, 5.74) is -0.190. The molecule has 0 bridgehead atoms. The molecule has 14 nitrogen and oxygen atoms in total. The SMILES string of the molecule is CC.CC.CN(C)C(=O)NC1CC=C(c2nc3n(CC(=O)Nc4ccc(C(F)(F)F)cc4Cl)c4c(c(=O)n3n2)C2(CCC4)CCN(C(=O)c3ncccc3O)CC2)CC1. The van der Waals surface area contributed by atoms with E-state index in [0.29, 0.717) is 81.5 Å². The van der Waals surface area contributed by atoms with Gasteiger partial charge in [0, 0.05) is 56.1 Å². The molecule has 4 amide bonds. The van der Waals surface area contributed by atoms with Crippen molar-refractivity contribution < 1.29 is 32.7 Å². The average molecular weight is 842 g/mol. The Bertz CT molecular complexity index is 2280. The van der Waals surface area contributed by atoms with Crippen LogP contribution in [0.1, 0.15) is 106 Å². The van der Waals surface area contributed by atoms with Crippen molar-refractivity contribution in [3.63, 3.8) is 0 Å². The number of carbonyl (C=O) groups is 3. The molecule has 18 heteroatoms. The molecule has 3 N–H and O–H groups in total. The first kappa shape index (κ1) is 44.6. The standard InChI is InChI=1S/C37H39ClF3N9O5.2C2H6/c1-47(2)35(55)43-23-10-7-21(8-11-23)31-45-34-49(20-28(52)44-25-12-9-22(19-24(25)38)37(39,40)41)26-5-3-13-36(29(26)32(53)50(34)46-31)14-17-48(18-15-36)33(54)30-27(51)6-4-16-42-30;2*1-2/h4,6-7,9,12,16,19,23,51H,3,5,8,10-11,13-15,17-18,20H2,1-2H3,(H,43,55)(H,44,52);2*1-2H3. The summed E-state index contributed by atoms with van der Waals surface area (Å²) >= 11 is 6.17. The number of allylic oxidation sites excluding steroid dienone is 1. The molecule has 1 aliphatic heterocycles. The normalized spacial score (nSPS) is 17.1. The lowest BCUT2D eigenvalue weighted by Gasteiger charge is -2.45. The molecule has 3 aliphatic rings. The molecule has 0 radical (unpaired) electrons. The van der Waals surface area contributed by atoms with Gasteiger partial charge in [0.15, 0.2) is 11.5 Å². The Hall–Kier alpha value is -5.45. The van der Waals surface area contributed by atoms with E-state index >= 15 is 0 Å². The van der Waals surface area contributed by atoms with Crippen LogP contribution >= 0.6 is 11.6 Å². The van der Waals surface area contributed by atoms with Gasteiger partial charge in [-0.25, -0.2) is 9.78 Å². The van der Waals surface area contributed by atoms with E-state index in [1.807, 2.05) is 33.8 Å². The summed E-state index contributed by atoms with van der Waals surface area (Å²) in [4.78, 5) is 65.7. The maximum Gasteiger partial charge on any atom is 0.416 e. The Morgan fingerprint density at radius 3 is 2.37 bits per heavy atom. The molecule has 1 spiro atoms. The third-order valence-corrected chi connectivity index (χ3v) is 11.1. The number of anilines is 1. The van der Waals surface area contributed by atoms with Gasteiger partial charge in [0.2, 0.25) is 11.7 Å². The Balaban J connectivity index is 0.00000160. The molecule has 4 heterocycles. The quantitative estimate of drug-likeness (QED) is 0.185. The number of nitrogens with zero attached hydrogens (tertiary/aromatic N) is 7. The molecule has 1 fully saturated rings. The maximum atomic E-state index is 14.6. The highest BCUT2D eigenvalue weighted by Crippen LogP contribution is 2.44. The lowest BCUT2D eigenvalue weighted by molar-refractivity contribution is -0.137. The highest BCUT2D eigenvalue weighted by Gasteiger charge is 2.45. The van der Waals surface area contributed by atoms with Gasteiger partial charge in [0.05, 0.1) is 16.3 Å². The summed E-state index contributed by atoms with van der Waals surface area (Å²) in [6, 6.07) is 5.29. The van der Waals surface area contributed by atoms with Gasteiger partial charge < -0.3 is 30.1 Å². The highest BCUT2D eigenvalue weighted by molar-refractivity contribution is 6.33. The van der Waals surface area contributed by atoms with E-state index in [4.69, 9.17) is 16.6 Å². The van der Waals surface area contributed by atoms with Crippen molar-refractivity contribution in [1.29, 1.82) is 0 Å². The van der Waals surface area contributed by atoms with Crippen LogP contribution in [0.15, 0.2) is 47.4 Å². The van der Waals surface area contributed by atoms with Crippen molar-refractivity contribution in [3.8, 4) is 5.75 Å².